The molecule has 20 heavy (non-hydrogen) atoms. The first-order valence-corrected chi connectivity index (χ1v) is 6.00. The molecule has 0 saturated carbocycles. The molecule has 3 N–H and O–H groups in total. The van der Waals surface area contributed by atoms with Crippen LogP contribution in [0.4, 0.5) is 25.8 Å². The molecular weight excluding hydrogens is 260 g/mol. The molecule has 3 rings (SSSR count). The van der Waals surface area contributed by atoms with Crippen LogP contribution < -0.4 is 11.1 Å². The van der Waals surface area contributed by atoms with Gasteiger partial charge in [-0.3, -0.25) is 4.98 Å². The van der Waals surface area contributed by atoms with Gasteiger partial charge in [0.15, 0.2) is 11.6 Å². The van der Waals surface area contributed by atoms with Crippen molar-refractivity contribution in [3.05, 3.63) is 60.3 Å². The summed E-state index contributed by atoms with van der Waals surface area (Å²) in [5.74, 6) is -1.80. The van der Waals surface area contributed by atoms with Crippen molar-refractivity contribution in [3.63, 3.8) is 0 Å². The van der Waals surface area contributed by atoms with Gasteiger partial charge in [-0.05, 0) is 36.4 Å². The first-order chi connectivity index (χ1) is 9.65. The molecule has 0 atom stereocenters. The van der Waals surface area contributed by atoms with Crippen LogP contribution >= 0.6 is 0 Å². The highest BCUT2D eigenvalue weighted by Gasteiger charge is 2.09. The number of nitrogens with one attached hydrogen (secondary N) is 1. The lowest BCUT2D eigenvalue weighted by Gasteiger charge is -2.10. The number of nitrogen functional groups attached to an aromatic ring is 1. The average Bonchev–Trinajstić information content (AvgIpc) is 2.44. The molecular formula is C15H11F2N3. The van der Waals surface area contributed by atoms with Gasteiger partial charge in [0.1, 0.15) is 0 Å². The molecule has 100 valence electrons. The Labute approximate surface area is 114 Å². The smallest absolute Gasteiger partial charge is 0.182 e. The Bertz CT molecular complexity index is 787. The van der Waals surface area contributed by atoms with Crippen LogP contribution in [0.15, 0.2) is 48.7 Å². The molecule has 0 aliphatic rings. The van der Waals surface area contributed by atoms with E-state index in [1.807, 2.05) is 0 Å². The predicted octanol–water partition coefficient (Wildman–Crippen LogP) is 3.84. The molecule has 3 aromatic rings. The summed E-state index contributed by atoms with van der Waals surface area (Å²) in [7, 11) is 0. The Kier molecular flexibility index (Phi) is 2.95. The van der Waals surface area contributed by atoms with E-state index in [0.29, 0.717) is 16.9 Å². The van der Waals surface area contributed by atoms with E-state index in [2.05, 4.69) is 10.3 Å². The number of nitrogens with zero attached hydrogens (tertiary/aromatic N) is 1. The maximum Gasteiger partial charge on any atom is 0.182 e. The Morgan fingerprint density at radius 2 is 1.85 bits per heavy atom. The number of nitrogens with two attached hydrogens (primary N) is 1. The van der Waals surface area contributed by atoms with E-state index in [1.165, 1.54) is 12.1 Å². The van der Waals surface area contributed by atoms with E-state index in [-0.39, 0.29) is 5.69 Å². The van der Waals surface area contributed by atoms with Crippen LogP contribution in [0.3, 0.4) is 0 Å². The van der Waals surface area contributed by atoms with Crippen molar-refractivity contribution in [1.82, 2.24) is 4.98 Å². The largest absolute Gasteiger partial charge is 0.399 e. The summed E-state index contributed by atoms with van der Waals surface area (Å²) < 4.78 is 26.9. The Hall–Kier alpha value is -2.69. The molecule has 0 bridgehead atoms. The minimum absolute atomic E-state index is 0.0781. The third-order valence-electron chi connectivity index (χ3n) is 2.99. The maximum absolute atomic E-state index is 13.7. The highest BCUT2D eigenvalue weighted by molar-refractivity contribution is 5.94. The molecule has 0 unspecified atom stereocenters. The Balaban J connectivity index is 2.09. The van der Waals surface area contributed by atoms with E-state index >= 15 is 0 Å². The topological polar surface area (TPSA) is 50.9 Å². The fourth-order valence-electron chi connectivity index (χ4n) is 2.02. The third-order valence-corrected chi connectivity index (χ3v) is 2.99. The van der Waals surface area contributed by atoms with Gasteiger partial charge in [0.2, 0.25) is 0 Å². The fourth-order valence-corrected chi connectivity index (χ4v) is 2.02. The fraction of sp³-hybridized carbons (Fsp3) is 0. The standard InChI is InChI=1S/C15H11F2N3/c16-11-2-1-3-13(15(11)17)20-12-6-7-19-14-8-9(18)4-5-10(12)14/h1-8H,18H2,(H,19,20). The first-order valence-electron chi connectivity index (χ1n) is 6.00. The molecule has 2 aromatic carbocycles. The zero-order chi connectivity index (χ0) is 14.1. The summed E-state index contributed by atoms with van der Waals surface area (Å²) >= 11 is 0. The van der Waals surface area contributed by atoms with Crippen molar-refractivity contribution in [1.29, 1.82) is 0 Å². The van der Waals surface area contributed by atoms with Gasteiger partial charge in [0.25, 0.3) is 0 Å². The SMILES string of the molecule is Nc1ccc2c(Nc3cccc(F)c3F)ccnc2c1. The second-order valence-electron chi connectivity index (χ2n) is 4.36. The van der Waals surface area contributed by atoms with E-state index in [9.17, 15) is 8.78 Å². The number of halogens is 2. The molecule has 0 amide bonds. The normalized spacial score (nSPS) is 10.7. The van der Waals surface area contributed by atoms with Gasteiger partial charge in [-0.1, -0.05) is 6.07 Å². The van der Waals surface area contributed by atoms with E-state index in [1.54, 1.807) is 30.5 Å². The van der Waals surface area contributed by atoms with E-state index in [0.717, 1.165) is 11.5 Å². The monoisotopic (exact) mass is 271 g/mol. The lowest BCUT2D eigenvalue weighted by atomic mass is 10.1. The summed E-state index contributed by atoms with van der Waals surface area (Å²) in [6.45, 7) is 0. The van der Waals surface area contributed by atoms with Crippen LogP contribution in [0.25, 0.3) is 10.9 Å². The lowest BCUT2D eigenvalue weighted by molar-refractivity contribution is 0.512. The highest BCUT2D eigenvalue weighted by atomic mass is 19.2. The third kappa shape index (κ3) is 2.14. The number of hydrogen-bond acceptors (Lipinski definition) is 3. The quantitative estimate of drug-likeness (QED) is 0.696. The molecule has 0 aliphatic heterocycles. The van der Waals surface area contributed by atoms with Crippen molar-refractivity contribution in [2.45, 2.75) is 0 Å². The molecule has 0 spiro atoms. The van der Waals surface area contributed by atoms with Crippen molar-refractivity contribution in [2.24, 2.45) is 0 Å². The van der Waals surface area contributed by atoms with E-state index < -0.39 is 11.6 Å². The summed E-state index contributed by atoms with van der Waals surface area (Å²) in [5.41, 5.74) is 7.70. The van der Waals surface area contributed by atoms with Crippen molar-refractivity contribution in [2.75, 3.05) is 11.1 Å². The molecule has 3 nitrogen and oxygen atoms in total. The van der Waals surface area contributed by atoms with E-state index in [4.69, 9.17) is 5.73 Å². The van der Waals surface area contributed by atoms with Gasteiger partial charge in [-0.25, -0.2) is 8.78 Å². The van der Waals surface area contributed by atoms with Crippen LogP contribution in [-0.4, -0.2) is 4.98 Å². The average molecular weight is 271 g/mol. The second-order valence-corrected chi connectivity index (χ2v) is 4.36. The van der Waals surface area contributed by atoms with Crippen LogP contribution in [0.2, 0.25) is 0 Å². The summed E-state index contributed by atoms with van der Waals surface area (Å²) in [6, 6.07) is 10.9. The Morgan fingerprint density at radius 3 is 2.70 bits per heavy atom. The minimum atomic E-state index is -0.909. The van der Waals surface area contributed by atoms with Crippen LogP contribution in [0.1, 0.15) is 0 Å². The predicted molar refractivity (Wildman–Crippen MR) is 75.8 cm³/mol. The van der Waals surface area contributed by atoms with Gasteiger partial charge in [0, 0.05) is 23.0 Å². The lowest BCUT2D eigenvalue weighted by Crippen LogP contribution is -1.97. The highest BCUT2D eigenvalue weighted by Crippen LogP contribution is 2.28. The van der Waals surface area contributed by atoms with Gasteiger partial charge < -0.3 is 11.1 Å². The minimum Gasteiger partial charge on any atom is -0.399 e. The van der Waals surface area contributed by atoms with Crippen LogP contribution in [-0.2, 0) is 0 Å². The van der Waals surface area contributed by atoms with Crippen LogP contribution in [0, 0.1) is 11.6 Å². The van der Waals surface area contributed by atoms with Crippen molar-refractivity contribution < 1.29 is 8.78 Å². The summed E-state index contributed by atoms with van der Waals surface area (Å²) in [5, 5.41) is 3.66. The molecule has 0 fully saturated rings. The first kappa shape index (κ1) is 12.3. The number of aromatic nitrogens is 1. The molecule has 1 aromatic heterocycles. The number of fused-ring (bicyclic) bond motifs is 1. The van der Waals surface area contributed by atoms with Gasteiger partial charge >= 0.3 is 0 Å². The Morgan fingerprint density at radius 1 is 1.00 bits per heavy atom. The van der Waals surface area contributed by atoms with Crippen molar-refractivity contribution in [3.8, 4) is 0 Å². The van der Waals surface area contributed by atoms with Crippen LogP contribution in [0.5, 0.6) is 0 Å². The molecule has 0 radical (unpaired) electrons. The molecule has 1 heterocycles. The molecule has 5 heteroatoms. The van der Waals surface area contributed by atoms with Crippen molar-refractivity contribution >= 4 is 28.0 Å². The number of hydrogen-bond donors (Lipinski definition) is 2. The zero-order valence-corrected chi connectivity index (χ0v) is 10.4. The second kappa shape index (κ2) is 4.77. The summed E-state index contributed by atoms with van der Waals surface area (Å²) in [4.78, 5) is 4.20. The number of pyridine rings is 1. The summed E-state index contributed by atoms with van der Waals surface area (Å²) in [6.07, 6.45) is 1.58. The molecule has 0 aliphatic carbocycles. The zero-order valence-electron chi connectivity index (χ0n) is 10.4. The maximum atomic E-state index is 13.7. The number of rotatable bonds is 2. The molecule has 0 saturated heterocycles. The number of anilines is 3. The number of benzene rings is 2. The van der Waals surface area contributed by atoms with Gasteiger partial charge in [-0.2, -0.15) is 0 Å². The van der Waals surface area contributed by atoms with Gasteiger partial charge in [0.05, 0.1) is 11.2 Å². The van der Waals surface area contributed by atoms with Gasteiger partial charge in [-0.15, -0.1) is 0 Å².